The van der Waals surface area contributed by atoms with E-state index in [9.17, 15) is 0 Å². The molecule has 3 aromatic rings. The van der Waals surface area contributed by atoms with E-state index in [4.69, 9.17) is 35.4 Å². The number of nitrogens with one attached hydrogen (secondary N) is 1. The van der Waals surface area contributed by atoms with E-state index in [0.717, 1.165) is 24.3 Å². The lowest BCUT2D eigenvalue weighted by Gasteiger charge is -2.39. The van der Waals surface area contributed by atoms with Gasteiger partial charge >= 0.3 is 0 Å². The summed E-state index contributed by atoms with van der Waals surface area (Å²) in [6, 6.07) is 16.1. The van der Waals surface area contributed by atoms with Crippen LogP contribution in [-0.2, 0) is 6.54 Å². The number of anilines is 1. The minimum absolute atomic E-state index is 0.0700. The number of aromatic nitrogens is 1. The Morgan fingerprint density at radius 1 is 1.04 bits per heavy atom. The van der Waals surface area contributed by atoms with Crippen molar-refractivity contribution >= 4 is 46.2 Å². The number of hydrogen-bond donors (Lipinski definition) is 1. The summed E-state index contributed by atoms with van der Waals surface area (Å²) in [6.07, 6.45) is 2.10. The third-order valence-corrected chi connectivity index (χ3v) is 5.93. The Morgan fingerprint density at radius 3 is 2.50 bits per heavy atom. The van der Waals surface area contributed by atoms with Crippen LogP contribution in [0.15, 0.2) is 54.7 Å². The first-order chi connectivity index (χ1) is 13.4. The Labute approximate surface area is 180 Å². The number of aryl methyl sites for hydroxylation is 2. The smallest absolute Gasteiger partial charge is 0.174 e. The summed E-state index contributed by atoms with van der Waals surface area (Å²) in [7, 11) is 0. The van der Waals surface area contributed by atoms with Gasteiger partial charge in [-0.1, -0.05) is 35.3 Å². The monoisotopic (exact) mass is 429 g/mol. The van der Waals surface area contributed by atoms with Gasteiger partial charge in [0.25, 0.3) is 0 Å². The van der Waals surface area contributed by atoms with Gasteiger partial charge in [0.05, 0.1) is 6.04 Å². The topological polar surface area (TPSA) is 20.2 Å². The van der Waals surface area contributed by atoms with Crippen LogP contribution in [0.1, 0.15) is 28.4 Å². The molecule has 144 valence electrons. The van der Waals surface area contributed by atoms with Crippen LogP contribution in [0.5, 0.6) is 0 Å². The highest BCUT2D eigenvalue weighted by Crippen LogP contribution is 2.37. The zero-order valence-corrected chi connectivity index (χ0v) is 18.1. The average Bonchev–Trinajstić information content (AvgIpc) is 3.09. The second-order valence-electron chi connectivity index (χ2n) is 7.19. The highest BCUT2D eigenvalue weighted by Gasteiger charge is 2.32. The second-order valence-corrected chi connectivity index (χ2v) is 8.43. The molecule has 3 nitrogen and oxygen atoms in total. The van der Waals surface area contributed by atoms with Crippen LogP contribution in [0, 0.1) is 13.8 Å². The summed E-state index contributed by atoms with van der Waals surface area (Å²) >= 11 is 18.5. The van der Waals surface area contributed by atoms with E-state index in [1.807, 2.05) is 12.1 Å². The number of thiocarbonyl (C=S) groups is 1. The van der Waals surface area contributed by atoms with Crippen molar-refractivity contribution in [1.82, 2.24) is 9.47 Å². The summed E-state index contributed by atoms with van der Waals surface area (Å²) < 4.78 is 2.26. The van der Waals surface area contributed by atoms with Crippen molar-refractivity contribution in [2.45, 2.75) is 26.4 Å². The van der Waals surface area contributed by atoms with Crippen LogP contribution in [0.25, 0.3) is 0 Å². The molecule has 2 aromatic carbocycles. The molecule has 0 unspecified atom stereocenters. The first-order valence-corrected chi connectivity index (χ1v) is 10.3. The van der Waals surface area contributed by atoms with E-state index in [2.05, 4.69) is 65.2 Å². The molecule has 0 bridgehead atoms. The molecule has 1 aromatic heterocycles. The molecule has 6 heteroatoms. The summed E-state index contributed by atoms with van der Waals surface area (Å²) in [6.45, 7) is 5.84. The van der Waals surface area contributed by atoms with Gasteiger partial charge in [0.2, 0.25) is 0 Å². The Hall–Kier alpha value is -2.01. The average molecular weight is 430 g/mol. The van der Waals surface area contributed by atoms with Crippen LogP contribution in [0.3, 0.4) is 0 Å². The van der Waals surface area contributed by atoms with Gasteiger partial charge in [-0.3, -0.25) is 0 Å². The van der Waals surface area contributed by atoms with Crippen molar-refractivity contribution in [3.63, 3.8) is 0 Å². The molecule has 1 atom stereocenters. The molecule has 0 amide bonds. The zero-order valence-electron chi connectivity index (χ0n) is 15.7. The maximum absolute atomic E-state index is 6.58. The number of halogens is 2. The van der Waals surface area contributed by atoms with Gasteiger partial charge in [-0.2, -0.15) is 0 Å². The largest absolute Gasteiger partial charge is 0.348 e. The molecular formula is C22H21Cl2N3S. The van der Waals surface area contributed by atoms with Gasteiger partial charge in [-0.15, -0.1) is 0 Å². The van der Waals surface area contributed by atoms with E-state index < -0.39 is 0 Å². The Morgan fingerprint density at radius 2 is 1.79 bits per heavy atom. The second kappa shape index (κ2) is 7.78. The molecule has 0 radical (unpaired) electrons. The normalized spacial score (nSPS) is 16.0. The fourth-order valence-corrected chi connectivity index (χ4v) is 4.72. The number of fused-ring (bicyclic) bond motifs is 1. The summed E-state index contributed by atoms with van der Waals surface area (Å²) in [5.41, 5.74) is 5.57. The summed E-state index contributed by atoms with van der Waals surface area (Å²) in [4.78, 5) is 2.21. The fourth-order valence-electron chi connectivity index (χ4n) is 3.89. The first kappa shape index (κ1) is 19.3. The van der Waals surface area contributed by atoms with Crippen LogP contribution in [0.4, 0.5) is 5.69 Å². The lowest BCUT2D eigenvalue weighted by molar-refractivity contribution is 0.293. The summed E-state index contributed by atoms with van der Waals surface area (Å²) in [5, 5.41) is 5.39. The van der Waals surface area contributed by atoms with Crippen molar-refractivity contribution in [2.75, 3.05) is 11.9 Å². The third-order valence-electron chi connectivity index (χ3n) is 5.03. The lowest BCUT2D eigenvalue weighted by Crippen LogP contribution is -2.44. The predicted molar refractivity (Wildman–Crippen MR) is 122 cm³/mol. The van der Waals surface area contributed by atoms with E-state index in [1.165, 1.54) is 16.8 Å². The molecule has 0 spiro atoms. The molecular weight excluding hydrogens is 409 g/mol. The Balaban J connectivity index is 1.71. The molecule has 1 aliphatic rings. The van der Waals surface area contributed by atoms with Gasteiger partial charge < -0.3 is 14.8 Å². The highest BCUT2D eigenvalue weighted by atomic mass is 35.5. The number of hydrogen-bond acceptors (Lipinski definition) is 1. The maximum Gasteiger partial charge on any atom is 0.174 e. The van der Waals surface area contributed by atoms with Crippen molar-refractivity contribution in [3.8, 4) is 0 Å². The van der Waals surface area contributed by atoms with Gasteiger partial charge in [0.1, 0.15) is 0 Å². The third kappa shape index (κ3) is 3.77. The molecule has 1 aliphatic heterocycles. The van der Waals surface area contributed by atoms with E-state index >= 15 is 0 Å². The van der Waals surface area contributed by atoms with E-state index in [1.54, 1.807) is 6.07 Å². The predicted octanol–water partition coefficient (Wildman–Crippen LogP) is 6.21. The van der Waals surface area contributed by atoms with Crippen LogP contribution >= 0.6 is 35.4 Å². The van der Waals surface area contributed by atoms with Crippen LogP contribution in [-0.4, -0.2) is 21.1 Å². The van der Waals surface area contributed by atoms with Crippen molar-refractivity contribution in [1.29, 1.82) is 0 Å². The quantitative estimate of drug-likeness (QED) is 0.488. The van der Waals surface area contributed by atoms with Crippen molar-refractivity contribution < 1.29 is 0 Å². The lowest BCUT2D eigenvalue weighted by atomic mass is 10.00. The molecule has 4 rings (SSSR count). The van der Waals surface area contributed by atoms with Gasteiger partial charge in [-0.05, 0) is 79.2 Å². The van der Waals surface area contributed by atoms with Crippen molar-refractivity contribution in [2.24, 2.45) is 0 Å². The molecule has 2 heterocycles. The van der Waals surface area contributed by atoms with Gasteiger partial charge in [0, 0.05) is 40.7 Å². The van der Waals surface area contributed by atoms with Crippen LogP contribution in [0.2, 0.25) is 10.0 Å². The zero-order chi connectivity index (χ0) is 19.8. The fraction of sp³-hybridized carbons (Fsp3) is 0.227. The summed E-state index contributed by atoms with van der Waals surface area (Å²) in [5.74, 6) is 0. The minimum atomic E-state index is -0.0700. The minimum Gasteiger partial charge on any atom is -0.348 e. The Kier molecular flexibility index (Phi) is 5.37. The number of rotatable bonds is 2. The van der Waals surface area contributed by atoms with Gasteiger partial charge in [-0.25, -0.2) is 0 Å². The van der Waals surface area contributed by atoms with Gasteiger partial charge in [0.15, 0.2) is 5.11 Å². The van der Waals surface area contributed by atoms with Crippen LogP contribution < -0.4 is 5.32 Å². The number of benzene rings is 2. The molecule has 0 saturated carbocycles. The molecule has 1 N–H and O–H groups in total. The molecule has 0 aliphatic carbocycles. The molecule has 0 fully saturated rings. The highest BCUT2D eigenvalue weighted by molar-refractivity contribution is 7.80. The van der Waals surface area contributed by atoms with E-state index in [0.29, 0.717) is 15.2 Å². The first-order valence-electron chi connectivity index (χ1n) is 9.18. The van der Waals surface area contributed by atoms with Crippen molar-refractivity contribution in [3.05, 3.63) is 87.2 Å². The Bertz CT molecular complexity index is 1020. The standard InChI is InChI=1S/C22H21Cl2N3S/c1-14-10-15(2)12-17(11-14)25-22(28)27-9-8-26-7-3-4-20(26)21(27)18-6-5-16(23)13-19(18)24/h3-7,10-13,21H,8-9H2,1-2H3,(H,25,28)/t21-/m1/s1. The molecule has 28 heavy (non-hydrogen) atoms. The number of nitrogens with zero attached hydrogens (tertiary/aromatic N) is 2. The SMILES string of the molecule is Cc1cc(C)cc(NC(=S)N2CCn3cccc3[C@H]2c2ccc(Cl)cc2Cl)c1. The molecule has 0 saturated heterocycles. The van der Waals surface area contributed by atoms with E-state index in [-0.39, 0.29) is 6.04 Å². The maximum atomic E-state index is 6.58.